The summed E-state index contributed by atoms with van der Waals surface area (Å²) in [7, 11) is -4.56. The molecule has 2 aromatic carbocycles. The van der Waals surface area contributed by atoms with Crippen LogP contribution in [-0.2, 0) is 10.1 Å². The lowest BCUT2D eigenvalue weighted by molar-refractivity contribution is -0.894. The number of carbonyl (C=O) groups is 1. The summed E-state index contributed by atoms with van der Waals surface area (Å²) in [5, 5.41) is 2.34. The van der Waals surface area contributed by atoms with Crippen LogP contribution in [-0.4, -0.2) is 38.7 Å². The molecule has 2 N–H and O–H groups in total. The molecule has 0 fully saturated rings. The van der Waals surface area contributed by atoms with E-state index in [9.17, 15) is 17.8 Å². The van der Waals surface area contributed by atoms with Crippen LogP contribution >= 0.6 is 0 Å². The minimum Gasteiger partial charge on any atom is -0.744 e. The van der Waals surface area contributed by atoms with Gasteiger partial charge in [0.15, 0.2) is 0 Å². The fourth-order valence-electron chi connectivity index (χ4n) is 2.22. The molecule has 0 aromatic heterocycles. The lowest BCUT2D eigenvalue weighted by Crippen LogP contribution is -3.11. The summed E-state index contributed by atoms with van der Waals surface area (Å²) in [6, 6.07) is 13.4. The van der Waals surface area contributed by atoms with Crippen LogP contribution in [0.4, 0.5) is 10.5 Å². The van der Waals surface area contributed by atoms with Gasteiger partial charge < -0.3 is 14.2 Å². The summed E-state index contributed by atoms with van der Waals surface area (Å²) < 4.78 is 37.6. The van der Waals surface area contributed by atoms with Crippen LogP contribution in [0, 0.1) is 0 Å². The highest BCUT2D eigenvalue weighted by atomic mass is 32.2. The Bertz CT molecular complexity index is 800. The molecule has 0 radical (unpaired) electrons. The van der Waals surface area contributed by atoms with Gasteiger partial charge in [-0.25, -0.2) is 13.2 Å². The second kappa shape index (κ2) is 11.3. The van der Waals surface area contributed by atoms with Gasteiger partial charge in [0.2, 0.25) is 0 Å². The van der Waals surface area contributed by atoms with Gasteiger partial charge in [-0.2, -0.15) is 0 Å². The minimum atomic E-state index is -4.56. The van der Waals surface area contributed by atoms with E-state index in [0.29, 0.717) is 5.75 Å². The Morgan fingerprint density at radius 3 is 2.07 bits per heavy atom. The predicted octanol–water partition coefficient (Wildman–Crippen LogP) is 2.13. The van der Waals surface area contributed by atoms with Gasteiger partial charge in [0.25, 0.3) is 0 Å². The van der Waals surface area contributed by atoms with Crippen LogP contribution in [0.25, 0.3) is 0 Å². The lowest BCUT2D eigenvalue weighted by atomic mass is 10.3. The summed E-state index contributed by atoms with van der Waals surface area (Å²) in [5.41, 5.74) is 0.155. The smallest absolute Gasteiger partial charge is 0.417 e. The number of hydrogen-bond donors (Lipinski definition) is 2. The van der Waals surface area contributed by atoms with Crippen LogP contribution in [0.1, 0.15) is 20.8 Å². The number of para-hydroxylation sites is 1. The third-order valence-corrected chi connectivity index (χ3v) is 4.65. The van der Waals surface area contributed by atoms with Crippen molar-refractivity contribution in [3.8, 4) is 5.75 Å². The Morgan fingerprint density at radius 1 is 1.00 bits per heavy atom. The molecule has 0 saturated heterocycles. The van der Waals surface area contributed by atoms with E-state index in [0.717, 1.165) is 12.1 Å². The molecule has 0 unspecified atom stereocenters. The molecule has 0 heterocycles. The first-order valence-electron chi connectivity index (χ1n) is 8.73. The standard InChI is InChI=1S/C13H11NO5S.C6H15N/c15-13(19-11-6-2-1-3-7-11)14-10-5-4-8-12(9-10)20(16,17)18;1-4-7(5-2)6-3/h1-9H,(H,14,15)(H,16,17,18);4-6H2,1-3H3. The fourth-order valence-corrected chi connectivity index (χ4v) is 2.73. The zero-order chi connectivity index (χ0) is 20.3. The third-order valence-electron chi connectivity index (χ3n) is 3.82. The van der Waals surface area contributed by atoms with Gasteiger partial charge in [0.1, 0.15) is 15.9 Å². The molecule has 27 heavy (non-hydrogen) atoms. The third kappa shape index (κ3) is 8.67. The molecule has 1 amide bonds. The first-order chi connectivity index (χ1) is 12.8. The van der Waals surface area contributed by atoms with E-state index in [1.807, 2.05) is 0 Å². The molecule has 0 aliphatic heterocycles. The van der Waals surface area contributed by atoms with E-state index in [4.69, 9.17) is 4.74 Å². The molecule has 7 nitrogen and oxygen atoms in total. The number of nitrogens with one attached hydrogen (secondary N) is 2. The summed E-state index contributed by atoms with van der Waals surface area (Å²) in [4.78, 5) is 12.8. The van der Waals surface area contributed by atoms with E-state index in [2.05, 4.69) is 26.1 Å². The van der Waals surface area contributed by atoms with Crippen LogP contribution in [0.15, 0.2) is 59.5 Å². The van der Waals surface area contributed by atoms with Crippen LogP contribution in [0.5, 0.6) is 5.75 Å². The molecule has 2 aromatic rings. The van der Waals surface area contributed by atoms with E-state index in [-0.39, 0.29) is 5.69 Å². The monoisotopic (exact) mass is 394 g/mol. The van der Waals surface area contributed by atoms with Crippen LogP contribution in [0.2, 0.25) is 0 Å². The molecule has 8 heteroatoms. The van der Waals surface area contributed by atoms with Crippen molar-refractivity contribution < 1.29 is 27.4 Å². The Hall–Kier alpha value is -2.42. The largest absolute Gasteiger partial charge is 0.744 e. The quantitative estimate of drug-likeness (QED) is 0.731. The van der Waals surface area contributed by atoms with E-state index >= 15 is 0 Å². The summed E-state index contributed by atoms with van der Waals surface area (Å²) in [5.74, 6) is 0.345. The number of carbonyl (C=O) groups excluding carboxylic acids is 1. The number of quaternary nitrogens is 1. The maximum absolute atomic E-state index is 11.6. The molecule has 0 bridgehead atoms. The topological polar surface area (TPSA) is 100.0 Å². The Kier molecular flexibility index (Phi) is 9.49. The first kappa shape index (κ1) is 22.6. The molecule has 148 valence electrons. The number of anilines is 1. The van der Waals surface area contributed by atoms with Crippen LogP contribution < -0.4 is 15.0 Å². The van der Waals surface area contributed by atoms with Crippen molar-refractivity contribution in [2.24, 2.45) is 0 Å². The van der Waals surface area contributed by atoms with Gasteiger partial charge in [-0.15, -0.1) is 0 Å². The highest BCUT2D eigenvalue weighted by Gasteiger charge is 2.07. The lowest BCUT2D eigenvalue weighted by Gasteiger charge is -2.10. The SMILES string of the molecule is CC[NH+](CC)CC.O=C(Nc1cccc(S(=O)(=O)[O-])c1)Oc1ccccc1. The second-order valence-electron chi connectivity index (χ2n) is 5.62. The maximum atomic E-state index is 11.6. The Balaban J connectivity index is 0.000000445. The van der Waals surface area contributed by atoms with Gasteiger partial charge in [0, 0.05) is 5.69 Å². The number of amides is 1. The van der Waals surface area contributed by atoms with Crippen LogP contribution in [0.3, 0.4) is 0 Å². The number of benzene rings is 2. The van der Waals surface area contributed by atoms with E-state index in [1.165, 1.54) is 31.8 Å². The molecular formula is C19H26N2O5S. The van der Waals surface area contributed by atoms with Gasteiger partial charge >= 0.3 is 6.09 Å². The highest BCUT2D eigenvalue weighted by molar-refractivity contribution is 7.85. The van der Waals surface area contributed by atoms with Crippen molar-refractivity contribution in [1.29, 1.82) is 0 Å². The predicted molar refractivity (Wildman–Crippen MR) is 103 cm³/mol. The van der Waals surface area contributed by atoms with Gasteiger partial charge in [-0.05, 0) is 51.1 Å². The van der Waals surface area contributed by atoms with Crippen molar-refractivity contribution in [3.05, 3.63) is 54.6 Å². The van der Waals surface area contributed by atoms with E-state index in [1.54, 1.807) is 35.2 Å². The molecule has 0 atom stereocenters. The minimum absolute atomic E-state index is 0.155. The molecule has 0 saturated carbocycles. The summed E-state index contributed by atoms with van der Waals surface area (Å²) in [6.07, 6.45) is -0.781. The normalized spacial score (nSPS) is 10.7. The average molecular weight is 394 g/mol. The molecule has 0 spiro atoms. The van der Waals surface area contributed by atoms with Crippen molar-refractivity contribution >= 4 is 21.9 Å². The number of ether oxygens (including phenoxy) is 1. The molecule has 2 rings (SSSR count). The highest BCUT2D eigenvalue weighted by Crippen LogP contribution is 2.16. The number of hydrogen-bond acceptors (Lipinski definition) is 5. The average Bonchev–Trinajstić information content (AvgIpc) is 2.64. The van der Waals surface area contributed by atoms with Crippen molar-refractivity contribution in [1.82, 2.24) is 0 Å². The summed E-state index contributed by atoms with van der Waals surface area (Å²) >= 11 is 0. The van der Waals surface area contributed by atoms with Gasteiger partial charge in [-0.1, -0.05) is 24.3 Å². The molecule has 0 aliphatic rings. The van der Waals surface area contributed by atoms with Crippen molar-refractivity contribution in [3.63, 3.8) is 0 Å². The van der Waals surface area contributed by atoms with Gasteiger partial charge in [-0.3, -0.25) is 5.32 Å². The molecule has 0 aliphatic carbocycles. The fraction of sp³-hybridized carbons (Fsp3) is 0.316. The Labute approximate surface area is 160 Å². The zero-order valence-electron chi connectivity index (χ0n) is 15.8. The van der Waals surface area contributed by atoms with Crippen molar-refractivity contribution in [2.45, 2.75) is 25.7 Å². The maximum Gasteiger partial charge on any atom is 0.417 e. The van der Waals surface area contributed by atoms with E-state index < -0.39 is 21.1 Å². The first-order valence-corrected chi connectivity index (χ1v) is 10.1. The number of rotatable bonds is 6. The van der Waals surface area contributed by atoms with Gasteiger partial charge in [0.05, 0.1) is 24.5 Å². The second-order valence-corrected chi connectivity index (χ2v) is 7.00. The summed E-state index contributed by atoms with van der Waals surface area (Å²) in [6.45, 7) is 10.5. The molecular weight excluding hydrogens is 368 g/mol. The van der Waals surface area contributed by atoms with Crippen molar-refractivity contribution in [2.75, 3.05) is 25.0 Å². The Morgan fingerprint density at radius 2 is 1.59 bits per heavy atom. The zero-order valence-corrected chi connectivity index (χ0v) is 16.6.